The summed E-state index contributed by atoms with van der Waals surface area (Å²) in [6.45, 7) is 5.12. The van der Waals surface area contributed by atoms with E-state index >= 15 is 0 Å². The SMILES string of the molecule is CCCCCCCCC1(C#N)CCC(C(=O)Oc2ccc(-c3ccc(OCCCCC)cn3)cc2)CC1. The predicted molar refractivity (Wildman–Crippen MR) is 148 cm³/mol. The standard InChI is InChI=1S/C32H44N2O3/c1-3-5-7-8-9-10-20-32(25-33)21-18-27(19-22-32)31(35)37-28-14-12-26(13-15-28)30-17-16-29(24-34-30)36-23-11-6-4-2/h12-17,24,27H,3-11,18-23H2,1-2H3. The highest BCUT2D eigenvalue weighted by Crippen LogP contribution is 2.43. The molecule has 1 aromatic heterocycles. The Morgan fingerprint density at radius 3 is 2.22 bits per heavy atom. The molecule has 5 heteroatoms. The van der Waals surface area contributed by atoms with Crippen molar-refractivity contribution >= 4 is 5.97 Å². The maximum atomic E-state index is 12.8. The number of carbonyl (C=O) groups is 1. The lowest BCUT2D eigenvalue weighted by molar-refractivity contribution is -0.140. The molecule has 5 nitrogen and oxygen atoms in total. The Kier molecular flexibility index (Phi) is 11.9. The minimum absolute atomic E-state index is 0.128. The zero-order valence-corrected chi connectivity index (χ0v) is 22.8. The molecule has 0 aliphatic heterocycles. The zero-order valence-electron chi connectivity index (χ0n) is 22.8. The van der Waals surface area contributed by atoms with E-state index in [1.54, 1.807) is 6.20 Å². The van der Waals surface area contributed by atoms with Crippen molar-refractivity contribution in [3.63, 3.8) is 0 Å². The molecule has 37 heavy (non-hydrogen) atoms. The first kappa shape index (κ1) is 28.7. The fourth-order valence-electron chi connectivity index (χ4n) is 5.14. The van der Waals surface area contributed by atoms with Crippen LogP contribution >= 0.6 is 0 Å². The highest BCUT2D eigenvalue weighted by atomic mass is 16.5. The molecule has 1 aliphatic carbocycles. The lowest BCUT2D eigenvalue weighted by Crippen LogP contribution is -2.31. The highest BCUT2D eigenvalue weighted by molar-refractivity contribution is 5.75. The second kappa shape index (κ2) is 15.4. The third kappa shape index (κ3) is 9.18. The summed E-state index contributed by atoms with van der Waals surface area (Å²) < 4.78 is 11.4. The van der Waals surface area contributed by atoms with E-state index in [1.165, 1.54) is 44.9 Å². The van der Waals surface area contributed by atoms with Gasteiger partial charge >= 0.3 is 5.97 Å². The summed E-state index contributed by atoms with van der Waals surface area (Å²) >= 11 is 0. The first-order valence-corrected chi connectivity index (χ1v) is 14.4. The molecule has 0 atom stereocenters. The van der Waals surface area contributed by atoms with Crippen molar-refractivity contribution < 1.29 is 14.3 Å². The molecular formula is C32H44N2O3. The average molecular weight is 505 g/mol. The molecule has 0 unspecified atom stereocenters. The molecule has 1 aliphatic rings. The Hall–Kier alpha value is -2.87. The lowest BCUT2D eigenvalue weighted by atomic mass is 9.69. The van der Waals surface area contributed by atoms with Crippen LogP contribution in [0, 0.1) is 22.7 Å². The van der Waals surface area contributed by atoms with Crippen LogP contribution in [-0.4, -0.2) is 17.6 Å². The molecule has 0 saturated heterocycles. The van der Waals surface area contributed by atoms with Crippen molar-refractivity contribution in [2.24, 2.45) is 11.3 Å². The van der Waals surface area contributed by atoms with Crippen molar-refractivity contribution in [3.05, 3.63) is 42.6 Å². The summed E-state index contributed by atoms with van der Waals surface area (Å²) in [4.78, 5) is 17.3. The Bertz CT molecular complexity index is 971. The second-order valence-corrected chi connectivity index (χ2v) is 10.6. The molecule has 0 spiro atoms. The van der Waals surface area contributed by atoms with Gasteiger partial charge in [0.25, 0.3) is 0 Å². The molecule has 1 fully saturated rings. The van der Waals surface area contributed by atoms with Gasteiger partial charge in [0.2, 0.25) is 0 Å². The number of hydrogen-bond donors (Lipinski definition) is 0. The minimum Gasteiger partial charge on any atom is -0.492 e. The first-order valence-electron chi connectivity index (χ1n) is 14.4. The van der Waals surface area contributed by atoms with Gasteiger partial charge in [0.15, 0.2) is 0 Å². The molecule has 1 saturated carbocycles. The number of carbonyl (C=O) groups excluding carboxylic acids is 1. The van der Waals surface area contributed by atoms with Gasteiger partial charge in [-0.05, 0) is 74.9 Å². The third-order valence-electron chi connectivity index (χ3n) is 7.64. The smallest absolute Gasteiger partial charge is 0.314 e. The van der Waals surface area contributed by atoms with Gasteiger partial charge in [-0.3, -0.25) is 9.78 Å². The lowest BCUT2D eigenvalue weighted by Gasteiger charge is -2.34. The maximum absolute atomic E-state index is 12.8. The van der Waals surface area contributed by atoms with Crippen LogP contribution < -0.4 is 9.47 Å². The van der Waals surface area contributed by atoms with E-state index in [1.807, 2.05) is 36.4 Å². The fraction of sp³-hybridized carbons (Fsp3) is 0.594. The second-order valence-electron chi connectivity index (χ2n) is 10.6. The number of rotatable bonds is 15. The Labute approximate surface area is 223 Å². The van der Waals surface area contributed by atoms with Crippen molar-refractivity contribution in [1.82, 2.24) is 4.98 Å². The van der Waals surface area contributed by atoms with Crippen LogP contribution in [0.5, 0.6) is 11.5 Å². The molecule has 2 aromatic rings. The van der Waals surface area contributed by atoms with E-state index in [9.17, 15) is 10.1 Å². The van der Waals surface area contributed by atoms with Crippen LogP contribution in [0.3, 0.4) is 0 Å². The van der Waals surface area contributed by atoms with Crippen LogP contribution in [0.4, 0.5) is 0 Å². The monoisotopic (exact) mass is 504 g/mol. The number of ether oxygens (including phenoxy) is 2. The van der Waals surface area contributed by atoms with Crippen LogP contribution in [0.15, 0.2) is 42.6 Å². The number of pyridine rings is 1. The summed E-state index contributed by atoms with van der Waals surface area (Å²) in [7, 11) is 0. The van der Waals surface area contributed by atoms with E-state index in [-0.39, 0.29) is 17.3 Å². The van der Waals surface area contributed by atoms with Crippen molar-refractivity contribution in [2.45, 2.75) is 104 Å². The van der Waals surface area contributed by atoms with Crippen LogP contribution in [-0.2, 0) is 4.79 Å². The number of nitriles is 1. The van der Waals surface area contributed by atoms with Crippen LogP contribution in [0.1, 0.15) is 104 Å². The minimum atomic E-state index is -0.258. The molecule has 1 heterocycles. The topological polar surface area (TPSA) is 72.2 Å². The highest BCUT2D eigenvalue weighted by Gasteiger charge is 2.37. The number of nitrogens with zero attached hydrogens (tertiary/aromatic N) is 2. The third-order valence-corrected chi connectivity index (χ3v) is 7.64. The van der Waals surface area contributed by atoms with E-state index < -0.39 is 0 Å². The molecule has 1 aromatic carbocycles. The molecule has 200 valence electrons. The maximum Gasteiger partial charge on any atom is 0.314 e. The number of benzene rings is 1. The molecular weight excluding hydrogens is 460 g/mol. The average Bonchev–Trinajstić information content (AvgIpc) is 2.94. The first-order chi connectivity index (χ1) is 18.1. The summed E-state index contributed by atoms with van der Waals surface area (Å²) in [5.74, 6) is 1.03. The van der Waals surface area contributed by atoms with Gasteiger partial charge in [0, 0.05) is 5.56 Å². The number of aromatic nitrogens is 1. The van der Waals surface area contributed by atoms with Crippen LogP contribution in [0.25, 0.3) is 11.3 Å². The zero-order chi connectivity index (χ0) is 26.3. The Morgan fingerprint density at radius 1 is 0.919 bits per heavy atom. The quantitative estimate of drug-likeness (QED) is 0.138. The van der Waals surface area contributed by atoms with Crippen molar-refractivity contribution in [1.29, 1.82) is 5.26 Å². The van der Waals surface area contributed by atoms with Gasteiger partial charge < -0.3 is 9.47 Å². The van der Waals surface area contributed by atoms with E-state index in [0.29, 0.717) is 12.4 Å². The number of unbranched alkanes of at least 4 members (excludes halogenated alkanes) is 7. The van der Waals surface area contributed by atoms with E-state index in [2.05, 4.69) is 24.9 Å². The van der Waals surface area contributed by atoms with E-state index in [4.69, 9.17) is 9.47 Å². The number of hydrogen-bond acceptors (Lipinski definition) is 5. The summed E-state index contributed by atoms with van der Waals surface area (Å²) in [5.41, 5.74) is 1.56. The van der Waals surface area contributed by atoms with Crippen molar-refractivity contribution in [3.8, 4) is 28.8 Å². The summed E-state index contributed by atoms with van der Waals surface area (Å²) in [6.07, 6.45) is 16.6. The summed E-state index contributed by atoms with van der Waals surface area (Å²) in [5, 5.41) is 9.86. The molecule has 0 N–H and O–H groups in total. The number of esters is 1. The van der Waals surface area contributed by atoms with Gasteiger partial charge in [0.1, 0.15) is 11.5 Å². The van der Waals surface area contributed by atoms with Gasteiger partial charge in [-0.2, -0.15) is 5.26 Å². The predicted octanol–water partition coefficient (Wildman–Crippen LogP) is 8.67. The fourth-order valence-corrected chi connectivity index (χ4v) is 5.14. The normalized spacial score (nSPS) is 19.2. The van der Waals surface area contributed by atoms with Crippen molar-refractivity contribution in [2.75, 3.05) is 6.61 Å². The van der Waals surface area contributed by atoms with Gasteiger partial charge in [0.05, 0.1) is 35.9 Å². The molecule has 0 radical (unpaired) electrons. The molecule has 0 amide bonds. The molecule has 3 rings (SSSR count). The van der Waals surface area contributed by atoms with Gasteiger partial charge in [-0.1, -0.05) is 65.2 Å². The van der Waals surface area contributed by atoms with Crippen LogP contribution in [0.2, 0.25) is 0 Å². The Morgan fingerprint density at radius 2 is 1.57 bits per heavy atom. The van der Waals surface area contributed by atoms with Gasteiger partial charge in [-0.15, -0.1) is 0 Å². The van der Waals surface area contributed by atoms with E-state index in [0.717, 1.165) is 62.0 Å². The van der Waals surface area contributed by atoms with Gasteiger partial charge in [-0.25, -0.2) is 0 Å². The molecule has 0 bridgehead atoms. The summed E-state index contributed by atoms with van der Waals surface area (Å²) in [6, 6.07) is 14.0. The largest absolute Gasteiger partial charge is 0.492 e. The Balaban J connectivity index is 1.44.